The molecule has 2 aliphatic heterocycles. The number of hydrogen-bond acceptors (Lipinski definition) is 16. The molecule has 0 saturated carbocycles. The van der Waals surface area contributed by atoms with E-state index in [0.29, 0.717) is 65.9 Å². The van der Waals surface area contributed by atoms with Crippen molar-refractivity contribution in [1.82, 2.24) is 19.6 Å². The molecule has 0 bridgehead atoms. The lowest BCUT2D eigenvalue weighted by Crippen LogP contribution is -2.51. The zero-order valence-electron chi connectivity index (χ0n) is 66.8. The lowest BCUT2D eigenvalue weighted by Gasteiger charge is -2.49. The van der Waals surface area contributed by atoms with Crippen molar-refractivity contribution in [2.24, 2.45) is 0 Å². The monoisotopic (exact) mass is 1520 g/mol. The van der Waals surface area contributed by atoms with Crippen molar-refractivity contribution in [1.29, 1.82) is 0 Å². The smallest absolute Gasteiger partial charge is 0.320 e. The number of hydrogen-bond donors (Lipinski definition) is 0. The third-order valence-electron chi connectivity index (χ3n) is 32.8. The molecule has 4 unspecified atom stereocenters. The fourth-order valence-corrected chi connectivity index (χ4v) is 31.6. The summed E-state index contributed by atoms with van der Waals surface area (Å²) in [4.78, 5) is 62.1. The Morgan fingerprint density at radius 3 is 0.552 bits per heavy atom. The summed E-state index contributed by atoms with van der Waals surface area (Å²) in [5.74, 6) is -1.57. The first kappa shape index (κ1) is 61.6. The van der Waals surface area contributed by atoms with Crippen LogP contribution < -0.4 is 0 Å². The van der Waals surface area contributed by atoms with Gasteiger partial charge in [0, 0.05) is 52.4 Å². The van der Waals surface area contributed by atoms with Gasteiger partial charge in [0.1, 0.15) is 22.4 Å². The van der Waals surface area contributed by atoms with Crippen LogP contribution in [0.25, 0.3) is 259 Å². The van der Waals surface area contributed by atoms with Crippen LogP contribution in [0.5, 0.6) is 0 Å². The molecule has 2 saturated heterocycles. The van der Waals surface area contributed by atoms with Crippen LogP contribution in [-0.2, 0) is 78.7 Å². The molecule has 16 heteroatoms. The number of likely N-dealkylation sites (tertiary alicyclic amines) is 2. The highest BCUT2D eigenvalue weighted by molar-refractivity contribution is 6.78. The quantitative estimate of drug-likeness (QED) is 0.0218. The van der Waals surface area contributed by atoms with Gasteiger partial charge in [0.25, 0.3) is 0 Å². The van der Waals surface area contributed by atoms with Crippen molar-refractivity contribution in [3.05, 3.63) is 44.5 Å². The Labute approximate surface area is 658 Å². The summed E-state index contributed by atoms with van der Waals surface area (Å²) in [6.45, 7) is 31.5. The molecular formula is C100H76N4O12. The first-order valence-corrected chi connectivity index (χ1v) is 42.9. The van der Waals surface area contributed by atoms with Gasteiger partial charge in [-0.2, -0.15) is 0 Å². The molecule has 568 valence electrons. The summed E-state index contributed by atoms with van der Waals surface area (Å²) in [5.41, 5.74) is 9.42. The van der Waals surface area contributed by atoms with Crippen LogP contribution in [0.15, 0.2) is 0 Å². The van der Waals surface area contributed by atoms with Crippen LogP contribution in [0.3, 0.4) is 0 Å². The van der Waals surface area contributed by atoms with Gasteiger partial charge < -0.3 is 37.9 Å². The molecule has 10 aliphatic rings. The van der Waals surface area contributed by atoms with E-state index in [4.69, 9.17) is 37.9 Å². The second kappa shape index (κ2) is 17.2. The minimum Gasteiger partial charge on any atom is -0.459 e. The molecule has 116 heavy (non-hydrogen) atoms. The number of benzene rings is 16. The summed E-state index contributed by atoms with van der Waals surface area (Å²) in [5, 5.41) is 77.4. The predicted molar refractivity (Wildman–Crippen MR) is 459 cm³/mol. The van der Waals surface area contributed by atoms with Gasteiger partial charge in [-0.25, -0.2) is 0 Å². The van der Waals surface area contributed by atoms with E-state index in [1.807, 2.05) is 83.1 Å². The highest BCUT2D eigenvalue weighted by Gasteiger charge is 2.77. The van der Waals surface area contributed by atoms with E-state index in [1.165, 1.54) is 0 Å². The molecule has 24 aromatic carbocycles. The van der Waals surface area contributed by atoms with Crippen molar-refractivity contribution in [3.63, 3.8) is 0 Å². The van der Waals surface area contributed by atoms with E-state index in [1.54, 1.807) is 313 Å². The van der Waals surface area contributed by atoms with Crippen molar-refractivity contribution < 1.29 is 57.1 Å². The highest BCUT2D eigenvalue weighted by Crippen LogP contribution is 2.88. The zero-order valence-corrected chi connectivity index (χ0v) is 66.8. The van der Waals surface area contributed by atoms with Crippen molar-refractivity contribution >= 4 is 282 Å². The van der Waals surface area contributed by atoms with Gasteiger partial charge in [-0.15, -0.1) is 0 Å². The third kappa shape index (κ3) is 5.39. The molecule has 0 N–H and O–H groups in total. The molecule has 2 heterocycles. The van der Waals surface area contributed by atoms with E-state index in [-0.39, 0.29) is 47.8 Å². The van der Waals surface area contributed by atoms with Gasteiger partial charge in [0.05, 0.1) is 101 Å². The molecule has 0 radical (unpaired) electrons. The maximum absolute atomic E-state index is 13.2. The van der Waals surface area contributed by atoms with Crippen LogP contribution >= 0.6 is 0 Å². The van der Waals surface area contributed by atoms with E-state index in [0.717, 1.165) is 39.3 Å². The molecule has 4 spiro atoms. The highest BCUT2D eigenvalue weighted by atomic mass is 16.6. The Morgan fingerprint density at radius 2 is 0.379 bits per heavy atom. The number of carbonyl (C=O) groups is 4. The summed E-state index contributed by atoms with van der Waals surface area (Å²) in [6, 6.07) is 0. The number of ether oxygens (including phenoxy) is 8. The van der Waals surface area contributed by atoms with Gasteiger partial charge >= 0.3 is 23.9 Å². The average molecular weight is 1530 g/mol. The maximum atomic E-state index is 13.2. The molecule has 8 aliphatic carbocycles. The van der Waals surface area contributed by atoms with E-state index in [9.17, 15) is 19.2 Å². The van der Waals surface area contributed by atoms with Crippen LogP contribution in [0.1, 0.15) is 128 Å². The van der Waals surface area contributed by atoms with E-state index in [2.05, 4.69) is 9.80 Å². The molecule has 24 aromatic rings. The summed E-state index contributed by atoms with van der Waals surface area (Å²) in [6.07, 6.45) is 0. The minimum absolute atomic E-state index is 0.0474. The Balaban J connectivity index is 0.570. The standard InChI is InChI=1S/C100H76N4O12/c1-93(2,3)113-33(105)25-101(26-34(106)114-94(4,5)6)13-17-109-21-23-111-19-15-103-29-97-85-69-57-45-37-38-42-39-43-51-59(47(39)45)71(69)87(97)77-65(51)56-64-54(43)62-50(42)58-46(38)48-40-41(37)49(57)61-53-44(40)52-60(48)72-70(58)86-74(62)76(64)90-82-67(56)79(77)91-83-81-68-55(63(53)75(73(61)85)89(81)99(91,97)31-103)66(52)78-80(68)92(84(82)83)100(90)32-104(30-98(86,100)88(72)78)16-20-112-24-22-110-18-14-102(27-35(107)115-95(7,8)9)28-36(108)116-96(10,11)12/h13-32H2,1-12H3. The number of nitrogens with zero attached hydrogens (tertiary/aromatic N) is 4. The third-order valence-corrected chi connectivity index (χ3v) is 32.8. The number of rotatable bonds is 26. The minimum atomic E-state index is -0.657. The van der Waals surface area contributed by atoms with Gasteiger partial charge in [0.2, 0.25) is 0 Å². The first-order chi connectivity index (χ1) is 55.8. The topological polar surface area (TPSA) is 155 Å². The average Bonchev–Trinajstić information content (AvgIpc) is 1.37. The zero-order chi connectivity index (χ0) is 76.7. The van der Waals surface area contributed by atoms with Crippen molar-refractivity contribution in [2.75, 3.05) is 131 Å². The van der Waals surface area contributed by atoms with Gasteiger partial charge in [-0.1, -0.05) is 0 Å². The van der Waals surface area contributed by atoms with E-state index < -0.39 is 46.3 Å². The van der Waals surface area contributed by atoms with Crippen LogP contribution in [-0.4, -0.2) is 197 Å². The van der Waals surface area contributed by atoms with Crippen LogP contribution in [0.4, 0.5) is 0 Å². The molecule has 0 amide bonds. The summed E-state index contributed by atoms with van der Waals surface area (Å²) < 4.78 is 49.2. The molecular weight excluding hydrogens is 1450 g/mol. The lowest BCUT2D eigenvalue weighted by molar-refractivity contribution is -0.162. The Bertz CT molecular complexity index is 8220. The normalized spacial score (nSPS) is 22.5. The van der Waals surface area contributed by atoms with Crippen molar-refractivity contribution in [3.8, 4) is 0 Å². The second-order valence-corrected chi connectivity index (χ2v) is 42.3. The van der Waals surface area contributed by atoms with Crippen LogP contribution in [0, 0.1) is 0 Å². The Kier molecular flexibility index (Phi) is 9.11. The fraction of sp³-hybridized carbons (Fsp3) is 0.400. The molecule has 0 aromatic heterocycles. The van der Waals surface area contributed by atoms with E-state index >= 15 is 0 Å². The molecule has 2 fully saturated rings. The van der Waals surface area contributed by atoms with Gasteiger partial charge in [-0.05, 0) is 386 Å². The molecule has 4 atom stereocenters. The Hall–Kier alpha value is -9.72. The van der Waals surface area contributed by atoms with Gasteiger partial charge in [0.15, 0.2) is 0 Å². The number of esters is 4. The largest absolute Gasteiger partial charge is 0.459 e. The summed E-state index contributed by atoms with van der Waals surface area (Å²) in [7, 11) is 0. The maximum Gasteiger partial charge on any atom is 0.320 e. The van der Waals surface area contributed by atoms with Crippen molar-refractivity contribution in [2.45, 2.75) is 127 Å². The fourth-order valence-electron chi connectivity index (χ4n) is 31.6. The van der Waals surface area contributed by atoms with Crippen LogP contribution in [0.2, 0.25) is 0 Å². The predicted octanol–water partition coefficient (Wildman–Crippen LogP) is 17.5. The lowest BCUT2D eigenvalue weighted by atomic mass is 9.50. The second-order valence-electron chi connectivity index (χ2n) is 42.3. The van der Waals surface area contributed by atoms with Gasteiger partial charge in [-0.3, -0.25) is 38.8 Å². The summed E-state index contributed by atoms with van der Waals surface area (Å²) >= 11 is 0. The molecule has 34 rings (SSSR count). The molecule has 16 nitrogen and oxygen atoms in total. The first-order valence-electron chi connectivity index (χ1n) is 42.9. The number of carbonyl (C=O) groups excluding carboxylic acids is 4. The SMILES string of the molecule is CC(C)(C)OC(=O)CN(CCOCCOCCN1CC23c4c5c6c7c8c9c%10c%11c%12c%13c%14c%15c(c6c6c4c4c%16c%17c%18c(c%19c%20c2c5c8c2c%20c5c%19c8c%18c%18c%19c%17c%17c4c6c%15c4c%14c6c%12c%12c%14c%11c(c92)c5c%14c8c%18c%12c6c%19c4%17)C%163C1)C71CN(CCOCCOCCN(CC(=O)OC(C)(C)C)CC(=O)OC(C)(C)C)CC%10%131)CC(=O)OC(C)(C)C. The Morgan fingerprint density at radius 1 is 0.233 bits per heavy atom.